The molecule has 0 radical (unpaired) electrons. The van der Waals surface area contributed by atoms with Crippen molar-refractivity contribution in [1.29, 1.82) is 0 Å². The molecule has 20 heavy (non-hydrogen) atoms. The van der Waals surface area contributed by atoms with Gasteiger partial charge in [0.2, 0.25) is 0 Å². The highest BCUT2D eigenvalue weighted by Crippen LogP contribution is 2.29. The second kappa shape index (κ2) is 7.39. The fourth-order valence-electron chi connectivity index (χ4n) is 3.21. The minimum atomic E-state index is -0.279. The van der Waals surface area contributed by atoms with Crippen LogP contribution >= 0.6 is 0 Å². The second-order valence-corrected chi connectivity index (χ2v) is 5.80. The second-order valence-electron chi connectivity index (χ2n) is 5.80. The Bertz CT molecular complexity index is 442. The van der Waals surface area contributed by atoms with Crippen LogP contribution in [0.15, 0.2) is 24.3 Å². The zero-order valence-electron chi connectivity index (χ0n) is 12.2. The van der Waals surface area contributed by atoms with Gasteiger partial charge in [0.25, 0.3) is 5.69 Å². The van der Waals surface area contributed by atoms with Crippen LogP contribution in [0.4, 0.5) is 5.69 Å². The monoisotopic (exact) mass is 276 g/mol. The number of nitrogens with zero attached hydrogens (tertiary/aromatic N) is 1. The molecule has 1 saturated carbocycles. The van der Waals surface area contributed by atoms with Gasteiger partial charge in [-0.2, -0.15) is 0 Å². The third kappa shape index (κ3) is 4.04. The average molecular weight is 276 g/mol. The molecule has 1 aliphatic carbocycles. The van der Waals surface area contributed by atoms with Gasteiger partial charge in [0, 0.05) is 17.7 Å². The molecule has 0 aromatic heterocycles. The average Bonchev–Trinajstić information content (AvgIpc) is 2.97. The zero-order chi connectivity index (χ0) is 14.4. The molecule has 1 aliphatic rings. The van der Waals surface area contributed by atoms with Gasteiger partial charge in [0.05, 0.1) is 4.92 Å². The lowest BCUT2D eigenvalue weighted by Crippen LogP contribution is -2.28. The van der Waals surface area contributed by atoms with Crippen molar-refractivity contribution in [2.24, 2.45) is 5.92 Å². The number of benzene rings is 1. The molecule has 0 heterocycles. The third-order valence-corrected chi connectivity index (χ3v) is 4.46. The Morgan fingerprint density at radius 1 is 1.35 bits per heavy atom. The molecule has 0 bridgehead atoms. The fourth-order valence-corrected chi connectivity index (χ4v) is 3.21. The lowest BCUT2D eigenvalue weighted by Gasteiger charge is -2.18. The molecule has 1 fully saturated rings. The minimum Gasteiger partial charge on any atom is -0.317 e. The van der Waals surface area contributed by atoms with Gasteiger partial charge < -0.3 is 5.32 Å². The summed E-state index contributed by atoms with van der Waals surface area (Å²) in [7, 11) is 1.95. The molecule has 1 unspecified atom stereocenters. The van der Waals surface area contributed by atoms with Gasteiger partial charge in [-0.05, 0) is 32.2 Å². The Morgan fingerprint density at radius 2 is 2.05 bits per heavy atom. The van der Waals surface area contributed by atoms with E-state index in [0.717, 1.165) is 24.3 Å². The van der Waals surface area contributed by atoms with Crippen molar-refractivity contribution >= 4 is 5.69 Å². The topological polar surface area (TPSA) is 55.2 Å². The molecule has 1 N–H and O–H groups in total. The van der Waals surface area contributed by atoms with Crippen LogP contribution in [0.5, 0.6) is 0 Å². The van der Waals surface area contributed by atoms with Gasteiger partial charge in [-0.25, -0.2) is 0 Å². The molecule has 0 spiro atoms. The van der Waals surface area contributed by atoms with E-state index in [1.165, 1.54) is 32.1 Å². The van der Waals surface area contributed by atoms with Gasteiger partial charge in [-0.15, -0.1) is 0 Å². The number of likely N-dealkylation sites (N-methyl/N-ethyl adjacent to an activating group) is 1. The Hall–Kier alpha value is -1.42. The Labute approximate surface area is 120 Å². The summed E-state index contributed by atoms with van der Waals surface area (Å²) in [5, 5.41) is 14.4. The van der Waals surface area contributed by atoms with Crippen LogP contribution in [0, 0.1) is 16.0 Å². The molecule has 1 aromatic rings. The maximum atomic E-state index is 11.0. The van der Waals surface area contributed by atoms with E-state index in [1.807, 2.05) is 19.2 Å². The first-order valence-electron chi connectivity index (χ1n) is 7.60. The van der Waals surface area contributed by atoms with E-state index in [0.29, 0.717) is 6.04 Å². The highest BCUT2D eigenvalue weighted by Gasteiger charge is 2.19. The van der Waals surface area contributed by atoms with Gasteiger partial charge in [0.15, 0.2) is 0 Å². The lowest BCUT2D eigenvalue weighted by molar-refractivity contribution is -0.385. The Balaban J connectivity index is 1.93. The van der Waals surface area contributed by atoms with E-state index < -0.39 is 0 Å². The van der Waals surface area contributed by atoms with Crippen molar-refractivity contribution in [2.75, 3.05) is 7.05 Å². The van der Waals surface area contributed by atoms with Crippen LogP contribution < -0.4 is 5.32 Å². The molecule has 0 aliphatic heterocycles. The summed E-state index contributed by atoms with van der Waals surface area (Å²) in [5.41, 5.74) is 1.08. The van der Waals surface area contributed by atoms with Crippen molar-refractivity contribution in [2.45, 2.75) is 51.0 Å². The quantitative estimate of drug-likeness (QED) is 0.610. The molecule has 0 amide bonds. The lowest BCUT2D eigenvalue weighted by atomic mass is 9.94. The molecule has 1 aromatic carbocycles. The van der Waals surface area contributed by atoms with Crippen LogP contribution in [0.1, 0.15) is 44.1 Å². The van der Waals surface area contributed by atoms with E-state index >= 15 is 0 Å². The van der Waals surface area contributed by atoms with Gasteiger partial charge >= 0.3 is 0 Å². The molecule has 110 valence electrons. The van der Waals surface area contributed by atoms with Crippen molar-refractivity contribution in [1.82, 2.24) is 5.32 Å². The summed E-state index contributed by atoms with van der Waals surface area (Å²) in [6, 6.07) is 7.41. The number of nitro benzene ring substituents is 1. The molecular weight excluding hydrogens is 252 g/mol. The molecular formula is C16H24N2O2. The highest BCUT2D eigenvalue weighted by atomic mass is 16.6. The van der Waals surface area contributed by atoms with Gasteiger partial charge in [-0.1, -0.05) is 43.9 Å². The number of rotatable bonds is 7. The van der Waals surface area contributed by atoms with E-state index in [-0.39, 0.29) is 10.6 Å². The van der Waals surface area contributed by atoms with Crippen molar-refractivity contribution in [3.05, 3.63) is 39.9 Å². The molecule has 0 saturated heterocycles. The first kappa shape index (κ1) is 15.0. The van der Waals surface area contributed by atoms with E-state index in [9.17, 15) is 10.1 Å². The van der Waals surface area contributed by atoms with E-state index in [1.54, 1.807) is 12.1 Å². The summed E-state index contributed by atoms with van der Waals surface area (Å²) in [6.07, 6.45) is 8.56. The Morgan fingerprint density at radius 3 is 2.70 bits per heavy atom. The predicted octanol–water partition coefficient (Wildman–Crippen LogP) is 3.70. The summed E-state index contributed by atoms with van der Waals surface area (Å²) in [6.45, 7) is 0. The van der Waals surface area contributed by atoms with Crippen molar-refractivity contribution in [3.63, 3.8) is 0 Å². The number of hydrogen-bond acceptors (Lipinski definition) is 3. The molecule has 4 heteroatoms. The summed E-state index contributed by atoms with van der Waals surface area (Å²) >= 11 is 0. The van der Waals surface area contributed by atoms with E-state index in [2.05, 4.69) is 5.32 Å². The fraction of sp³-hybridized carbons (Fsp3) is 0.625. The highest BCUT2D eigenvalue weighted by molar-refractivity contribution is 5.40. The first-order chi connectivity index (χ1) is 9.70. The maximum Gasteiger partial charge on any atom is 0.272 e. The number of nitrogens with one attached hydrogen (secondary N) is 1. The summed E-state index contributed by atoms with van der Waals surface area (Å²) < 4.78 is 0. The van der Waals surface area contributed by atoms with Crippen LogP contribution in [-0.4, -0.2) is 18.0 Å². The van der Waals surface area contributed by atoms with Crippen molar-refractivity contribution in [3.8, 4) is 0 Å². The minimum absolute atomic E-state index is 0.244. The van der Waals surface area contributed by atoms with E-state index in [4.69, 9.17) is 0 Å². The SMILES string of the molecule is CNC(CCC1CCCC1)Cc1ccccc1[N+](=O)[O-]. The smallest absolute Gasteiger partial charge is 0.272 e. The number of hydrogen-bond donors (Lipinski definition) is 1. The first-order valence-corrected chi connectivity index (χ1v) is 7.60. The van der Waals surface area contributed by atoms with Crippen LogP contribution in [0.2, 0.25) is 0 Å². The van der Waals surface area contributed by atoms with Gasteiger partial charge in [0.1, 0.15) is 0 Å². The van der Waals surface area contributed by atoms with Crippen molar-refractivity contribution < 1.29 is 4.92 Å². The normalized spacial score (nSPS) is 17.2. The third-order valence-electron chi connectivity index (χ3n) is 4.46. The Kier molecular flexibility index (Phi) is 5.53. The summed E-state index contributed by atoms with van der Waals surface area (Å²) in [4.78, 5) is 10.8. The van der Waals surface area contributed by atoms with Crippen LogP contribution in [0.3, 0.4) is 0 Å². The zero-order valence-corrected chi connectivity index (χ0v) is 12.2. The summed E-state index contributed by atoms with van der Waals surface area (Å²) in [5.74, 6) is 0.872. The number of nitro groups is 1. The molecule has 2 rings (SSSR count). The standard InChI is InChI=1S/C16H24N2O2/c1-17-15(11-10-13-6-2-3-7-13)12-14-8-4-5-9-16(14)18(19)20/h4-5,8-9,13,15,17H,2-3,6-7,10-12H2,1H3. The molecule has 4 nitrogen and oxygen atoms in total. The maximum absolute atomic E-state index is 11.0. The van der Waals surface area contributed by atoms with Gasteiger partial charge in [-0.3, -0.25) is 10.1 Å². The van der Waals surface area contributed by atoms with Crippen LogP contribution in [0.25, 0.3) is 0 Å². The molecule has 1 atom stereocenters. The largest absolute Gasteiger partial charge is 0.317 e. The number of para-hydroxylation sites is 1. The predicted molar refractivity (Wildman–Crippen MR) is 80.8 cm³/mol. The van der Waals surface area contributed by atoms with Crippen LogP contribution in [-0.2, 0) is 6.42 Å².